The van der Waals surface area contributed by atoms with E-state index in [-0.39, 0.29) is 32.0 Å². The molecule has 9 nitrogen and oxygen atoms in total. The molecule has 0 aromatic rings. The Hall–Kier alpha value is -1.77. The molecule has 2 atom stereocenters. The lowest BCUT2D eigenvalue weighted by Gasteiger charge is -2.28. The molecule has 0 aliphatic heterocycles. The molecule has 346 valence electrons. The van der Waals surface area contributed by atoms with E-state index in [1.54, 1.807) is 0 Å². The average molecular weight is 854 g/mol. The van der Waals surface area contributed by atoms with Crippen molar-refractivity contribution in [2.24, 2.45) is 0 Å². The highest BCUT2D eigenvalue weighted by atomic mass is 31.2. The molecule has 0 saturated heterocycles. The van der Waals surface area contributed by atoms with Crippen LogP contribution in [0.2, 0.25) is 0 Å². The Morgan fingerprint density at radius 3 is 1.36 bits per heavy atom. The number of unbranched alkanes of at least 4 members (excludes halogenated alkanes) is 24. The van der Waals surface area contributed by atoms with E-state index in [4.69, 9.17) is 18.5 Å². The van der Waals surface area contributed by atoms with E-state index in [0.29, 0.717) is 17.4 Å². The van der Waals surface area contributed by atoms with Gasteiger partial charge >= 0.3 is 11.9 Å². The fourth-order valence-electron chi connectivity index (χ4n) is 6.60. The molecule has 2 unspecified atom stereocenters. The van der Waals surface area contributed by atoms with E-state index in [0.717, 1.165) is 57.8 Å². The lowest BCUT2D eigenvalue weighted by atomic mass is 10.0. The maximum absolute atomic E-state index is 12.7. The van der Waals surface area contributed by atoms with Crippen LogP contribution in [0.5, 0.6) is 0 Å². The van der Waals surface area contributed by atoms with Crippen molar-refractivity contribution in [3.8, 4) is 0 Å². The van der Waals surface area contributed by atoms with Crippen molar-refractivity contribution in [2.75, 3.05) is 47.5 Å². The molecular formula is C49H92NO8P. The first-order chi connectivity index (χ1) is 28.5. The number of allylic oxidation sites excluding steroid dienone is 6. The van der Waals surface area contributed by atoms with Gasteiger partial charge in [0.25, 0.3) is 7.82 Å². The van der Waals surface area contributed by atoms with Crippen LogP contribution in [-0.4, -0.2) is 70.0 Å². The maximum atomic E-state index is 12.7. The van der Waals surface area contributed by atoms with Gasteiger partial charge in [-0.3, -0.25) is 14.2 Å². The average Bonchev–Trinajstić information content (AvgIpc) is 3.19. The molecule has 0 aromatic heterocycles. The third kappa shape index (κ3) is 45.6. The number of phosphoric acid groups is 1. The Bertz CT molecular complexity index is 1100. The molecule has 10 heteroatoms. The first-order valence-electron chi connectivity index (χ1n) is 24.2. The summed E-state index contributed by atoms with van der Waals surface area (Å²) in [6.07, 6.45) is 47.5. The van der Waals surface area contributed by atoms with E-state index in [9.17, 15) is 19.0 Å². The maximum Gasteiger partial charge on any atom is 0.306 e. The Kier molecular flexibility index (Phi) is 40.3. The number of likely N-dealkylation sites (N-methyl/N-ethyl adjacent to an activating group) is 1. The molecule has 0 fully saturated rings. The van der Waals surface area contributed by atoms with Crippen molar-refractivity contribution in [1.29, 1.82) is 0 Å². The fraction of sp³-hybridized carbons (Fsp3) is 0.837. The Morgan fingerprint density at radius 2 is 0.915 bits per heavy atom. The smallest absolute Gasteiger partial charge is 0.306 e. The van der Waals surface area contributed by atoms with Gasteiger partial charge in [-0.25, -0.2) is 0 Å². The van der Waals surface area contributed by atoms with Gasteiger partial charge in [0, 0.05) is 12.8 Å². The summed E-state index contributed by atoms with van der Waals surface area (Å²) in [6, 6.07) is 0. The van der Waals surface area contributed by atoms with Crippen molar-refractivity contribution in [1.82, 2.24) is 0 Å². The third-order valence-electron chi connectivity index (χ3n) is 10.4. The molecule has 0 heterocycles. The second-order valence-electron chi connectivity index (χ2n) is 17.5. The molecule has 0 spiro atoms. The molecule has 0 aliphatic carbocycles. The number of ether oxygens (including phenoxy) is 2. The van der Waals surface area contributed by atoms with Crippen molar-refractivity contribution in [3.63, 3.8) is 0 Å². The number of hydrogen-bond donors (Lipinski definition) is 0. The first-order valence-corrected chi connectivity index (χ1v) is 25.7. The van der Waals surface area contributed by atoms with E-state index in [2.05, 4.69) is 50.3 Å². The van der Waals surface area contributed by atoms with Crippen LogP contribution in [0.3, 0.4) is 0 Å². The standard InChI is InChI=1S/C49H92NO8P/c1-6-8-10-12-14-16-18-19-20-21-22-23-24-25-26-27-28-29-30-31-32-34-36-38-40-42-49(52)58-47(46-57-59(53,54)56-44-43-50(3,4)5)45-55-48(51)41-39-37-35-33-17-15-13-11-9-7-2/h18-19,21-22,24-25,47H,6-17,20,23,26-46H2,1-5H3/b19-18-,22-21-,25-24-. The zero-order chi connectivity index (χ0) is 43.6. The minimum Gasteiger partial charge on any atom is -0.756 e. The summed E-state index contributed by atoms with van der Waals surface area (Å²) in [4.78, 5) is 37.5. The van der Waals surface area contributed by atoms with Gasteiger partial charge in [-0.15, -0.1) is 0 Å². The number of carbonyl (C=O) groups is 2. The van der Waals surface area contributed by atoms with E-state index in [1.807, 2.05) is 21.1 Å². The molecule has 0 radical (unpaired) electrons. The van der Waals surface area contributed by atoms with Gasteiger partial charge in [0.1, 0.15) is 19.8 Å². The summed E-state index contributed by atoms with van der Waals surface area (Å²) in [7, 11) is 1.17. The molecule has 0 aromatic carbocycles. The third-order valence-corrected chi connectivity index (χ3v) is 11.4. The van der Waals surface area contributed by atoms with Gasteiger partial charge < -0.3 is 27.9 Å². The minimum atomic E-state index is -4.62. The summed E-state index contributed by atoms with van der Waals surface area (Å²) in [5, 5.41) is 0. The van der Waals surface area contributed by atoms with Gasteiger partial charge in [-0.2, -0.15) is 0 Å². The summed E-state index contributed by atoms with van der Waals surface area (Å²) in [6.45, 7) is 4.21. The van der Waals surface area contributed by atoms with Crippen molar-refractivity contribution in [2.45, 2.75) is 219 Å². The second kappa shape index (κ2) is 41.6. The van der Waals surface area contributed by atoms with Crippen LogP contribution in [0.25, 0.3) is 0 Å². The summed E-state index contributed by atoms with van der Waals surface area (Å²) < 4.78 is 33.9. The zero-order valence-corrected chi connectivity index (χ0v) is 39.8. The first kappa shape index (κ1) is 57.2. The lowest BCUT2D eigenvalue weighted by Crippen LogP contribution is -2.37. The monoisotopic (exact) mass is 854 g/mol. The second-order valence-corrected chi connectivity index (χ2v) is 18.9. The summed E-state index contributed by atoms with van der Waals surface area (Å²) in [5.74, 6) is -0.836. The molecule has 0 N–H and O–H groups in total. The van der Waals surface area contributed by atoms with Crippen molar-refractivity contribution < 1.29 is 42.1 Å². The van der Waals surface area contributed by atoms with Crippen molar-refractivity contribution >= 4 is 19.8 Å². The quantitative estimate of drug-likeness (QED) is 0.0196. The van der Waals surface area contributed by atoms with Crippen LogP contribution in [0.4, 0.5) is 0 Å². The highest BCUT2D eigenvalue weighted by molar-refractivity contribution is 7.45. The Balaban J connectivity index is 4.19. The Labute approximate surface area is 363 Å². The number of nitrogens with zero attached hydrogens (tertiary/aromatic N) is 1. The lowest BCUT2D eigenvalue weighted by molar-refractivity contribution is -0.870. The minimum absolute atomic E-state index is 0.0308. The molecule has 59 heavy (non-hydrogen) atoms. The predicted octanol–water partition coefficient (Wildman–Crippen LogP) is 13.5. The molecule has 0 bridgehead atoms. The SMILES string of the molecule is CCCCCCC/C=C\C/C=C\C/C=C\CCCCCCCCCCCCC(=O)OC(COC(=O)CCCCCCCCCCCC)COP(=O)([O-])OCC[N+](C)(C)C. The van der Waals surface area contributed by atoms with Crippen LogP contribution in [-0.2, 0) is 32.7 Å². The zero-order valence-electron chi connectivity index (χ0n) is 39.0. The van der Waals surface area contributed by atoms with Crippen LogP contribution < -0.4 is 4.89 Å². The van der Waals surface area contributed by atoms with Crippen molar-refractivity contribution in [3.05, 3.63) is 36.5 Å². The largest absolute Gasteiger partial charge is 0.756 e. The molecule has 0 saturated carbocycles. The molecule has 0 aliphatic rings. The number of phosphoric ester groups is 1. The van der Waals surface area contributed by atoms with Gasteiger partial charge in [-0.05, 0) is 51.4 Å². The molecule has 0 amide bonds. The normalized spacial score (nSPS) is 13.8. The highest BCUT2D eigenvalue weighted by Crippen LogP contribution is 2.38. The van der Waals surface area contributed by atoms with Gasteiger partial charge in [0.15, 0.2) is 6.10 Å². The number of esters is 2. The van der Waals surface area contributed by atoms with Gasteiger partial charge in [0.2, 0.25) is 0 Å². The number of carbonyl (C=O) groups excluding carboxylic acids is 2. The summed E-state index contributed by atoms with van der Waals surface area (Å²) >= 11 is 0. The molecular weight excluding hydrogens is 762 g/mol. The molecule has 0 rings (SSSR count). The van der Waals surface area contributed by atoms with E-state index in [1.165, 1.54) is 122 Å². The van der Waals surface area contributed by atoms with Crippen LogP contribution in [0.1, 0.15) is 213 Å². The van der Waals surface area contributed by atoms with Gasteiger partial charge in [0.05, 0.1) is 27.7 Å². The van der Waals surface area contributed by atoms with Crippen LogP contribution in [0.15, 0.2) is 36.5 Å². The van der Waals surface area contributed by atoms with Crippen LogP contribution in [0, 0.1) is 0 Å². The number of quaternary nitrogens is 1. The van der Waals surface area contributed by atoms with E-state index >= 15 is 0 Å². The fourth-order valence-corrected chi connectivity index (χ4v) is 7.33. The predicted molar refractivity (Wildman–Crippen MR) is 245 cm³/mol. The summed E-state index contributed by atoms with van der Waals surface area (Å²) in [5.41, 5.74) is 0. The number of hydrogen-bond acceptors (Lipinski definition) is 8. The van der Waals surface area contributed by atoms with Crippen LogP contribution >= 0.6 is 7.82 Å². The van der Waals surface area contributed by atoms with E-state index < -0.39 is 26.5 Å². The number of rotatable bonds is 44. The topological polar surface area (TPSA) is 111 Å². The highest BCUT2D eigenvalue weighted by Gasteiger charge is 2.21. The Morgan fingerprint density at radius 1 is 0.525 bits per heavy atom. The van der Waals surface area contributed by atoms with Gasteiger partial charge in [-0.1, -0.05) is 185 Å².